The van der Waals surface area contributed by atoms with Crippen LogP contribution in [0.15, 0.2) is 0 Å². The number of nitrogens with one attached hydrogen (secondary N) is 1. The van der Waals surface area contributed by atoms with E-state index in [0.29, 0.717) is 12.0 Å². The average molecular weight is 337 g/mol. The van der Waals surface area contributed by atoms with Gasteiger partial charge in [0.25, 0.3) is 0 Å². The number of nitrogens with two attached hydrogens (primary N) is 1. The minimum Gasteiger partial charge on any atom is -0.475 e. The van der Waals surface area contributed by atoms with E-state index in [1.807, 2.05) is 4.90 Å². The number of urea groups is 1. The van der Waals surface area contributed by atoms with Crippen LogP contribution < -0.4 is 11.1 Å². The summed E-state index contributed by atoms with van der Waals surface area (Å²) in [6.45, 7) is 1.63. The van der Waals surface area contributed by atoms with E-state index in [1.165, 1.54) is 19.3 Å². The topological polar surface area (TPSA) is 95.7 Å². The van der Waals surface area contributed by atoms with Crippen LogP contribution in [-0.4, -0.2) is 52.9 Å². The molecule has 4 N–H and O–H groups in total. The Morgan fingerprint density at radius 3 is 2.22 bits per heavy atom. The van der Waals surface area contributed by atoms with Gasteiger partial charge in [-0.2, -0.15) is 13.2 Å². The maximum absolute atomic E-state index is 12.0. The van der Waals surface area contributed by atoms with Crippen LogP contribution in [-0.2, 0) is 4.79 Å². The second-order valence-corrected chi connectivity index (χ2v) is 6.60. The number of carbonyl (C=O) groups excluding carboxylic acids is 1. The van der Waals surface area contributed by atoms with Crippen LogP contribution in [0.5, 0.6) is 0 Å². The Morgan fingerprint density at radius 1 is 1.22 bits per heavy atom. The van der Waals surface area contributed by atoms with Crippen molar-refractivity contribution in [3.8, 4) is 0 Å². The first-order valence-electron chi connectivity index (χ1n) is 7.76. The van der Waals surface area contributed by atoms with Gasteiger partial charge in [0.1, 0.15) is 0 Å². The summed E-state index contributed by atoms with van der Waals surface area (Å²) >= 11 is 0. The first-order valence-corrected chi connectivity index (χ1v) is 7.76. The van der Waals surface area contributed by atoms with E-state index in [0.717, 1.165) is 32.4 Å². The van der Waals surface area contributed by atoms with Gasteiger partial charge in [0.15, 0.2) is 0 Å². The van der Waals surface area contributed by atoms with Crippen LogP contribution in [0.1, 0.15) is 38.5 Å². The minimum atomic E-state index is -5.08. The summed E-state index contributed by atoms with van der Waals surface area (Å²) in [6.07, 6.45) is 2.17. The maximum Gasteiger partial charge on any atom is 0.490 e. The molecule has 2 amide bonds. The Hall–Kier alpha value is -1.51. The third-order valence-corrected chi connectivity index (χ3v) is 4.67. The number of alkyl halides is 3. The molecular weight excluding hydrogens is 315 g/mol. The summed E-state index contributed by atoms with van der Waals surface area (Å²) in [5.74, 6) is -2.18. The monoisotopic (exact) mass is 337 g/mol. The lowest BCUT2D eigenvalue weighted by atomic mass is 9.96. The van der Waals surface area contributed by atoms with Gasteiger partial charge >= 0.3 is 18.2 Å². The number of hydrogen-bond acceptors (Lipinski definition) is 3. The Balaban J connectivity index is 0.000000236. The van der Waals surface area contributed by atoms with Crippen molar-refractivity contribution < 1.29 is 27.9 Å². The second-order valence-electron chi connectivity index (χ2n) is 6.60. The summed E-state index contributed by atoms with van der Waals surface area (Å²) in [6, 6.07) is 0.524. The number of likely N-dealkylation sites (tertiary alicyclic amines) is 1. The molecule has 9 heteroatoms. The van der Waals surface area contributed by atoms with E-state index in [2.05, 4.69) is 5.32 Å². The largest absolute Gasteiger partial charge is 0.490 e. The van der Waals surface area contributed by atoms with Crippen LogP contribution >= 0.6 is 0 Å². The molecule has 2 unspecified atom stereocenters. The molecule has 2 atom stereocenters. The highest BCUT2D eigenvalue weighted by atomic mass is 19.4. The lowest BCUT2D eigenvalue weighted by molar-refractivity contribution is -0.192. The van der Waals surface area contributed by atoms with Crippen LogP contribution in [0.2, 0.25) is 0 Å². The lowest BCUT2D eigenvalue weighted by Gasteiger charge is -2.27. The van der Waals surface area contributed by atoms with Gasteiger partial charge in [-0.1, -0.05) is 19.3 Å². The molecule has 0 aromatic rings. The number of aliphatic carboxylic acids is 1. The van der Waals surface area contributed by atoms with Gasteiger partial charge in [0.2, 0.25) is 0 Å². The predicted octanol–water partition coefficient (Wildman–Crippen LogP) is 1.69. The van der Waals surface area contributed by atoms with E-state index in [4.69, 9.17) is 15.6 Å². The molecule has 0 aromatic carbocycles. The van der Waals surface area contributed by atoms with Crippen LogP contribution in [0.4, 0.5) is 18.0 Å². The maximum atomic E-state index is 12.0. The van der Waals surface area contributed by atoms with E-state index in [9.17, 15) is 18.0 Å². The number of nitrogens with zero attached hydrogens (tertiary/aromatic N) is 1. The van der Waals surface area contributed by atoms with Gasteiger partial charge < -0.3 is 21.1 Å². The number of carboxylic acid groups (broad SMARTS) is 1. The molecule has 2 aliphatic carbocycles. The van der Waals surface area contributed by atoms with E-state index < -0.39 is 12.1 Å². The number of amides is 2. The average Bonchev–Trinajstić information content (AvgIpc) is 2.97. The number of rotatable bonds is 1. The molecule has 132 valence electrons. The number of carbonyl (C=O) groups is 2. The quantitative estimate of drug-likeness (QED) is 0.678. The van der Waals surface area contributed by atoms with Gasteiger partial charge in [0, 0.05) is 24.7 Å². The van der Waals surface area contributed by atoms with Crippen LogP contribution in [0.3, 0.4) is 0 Å². The molecule has 3 aliphatic rings. The van der Waals surface area contributed by atoms with Crippen LogP contribution in [0, 0.1) is 5.92 Å². The van der Waals surface area contributed by atoms with Crippen molar-refractivity contribution in [3.05, 3.63) is 0 Å². The van der Waals surface area contributed by atoms with Gasteiger partial charge in [-0.15, -0.1) is 0 Å². The number of halogens is 3. The molecule has 2 saturated carbocycles. The smallest absolute Gasteiger partial charge is 0.475 e. The number of fused-ring (bicyclic) bond motifs is 1. The highest BCUT2D eigenvalue weighted by Gasteiger charge is 2.58. The van der Waals surface area contributed by atoms with Crippen molar-refractivity contribution in [2.45, 2.75) is 56.3 Å². The molecule has 3 fully saturated rings. The minimum absolute atomic E-state index is 0.0239. The normalized spacial score (nSPS) is 30.1. The van der Waals surface area contributed by atoms with Crippen molar-refractivity contribution in [3.63, 3.8) is 0 Å². The zero-order chi connectivity index (χ0) is 17.3. The Bertz CT molecular complexity index is 466. The Kier molecular flexibility index (Phi) is 5.07. The fourth-order valence-electron chi connectivity index (χ4n) is 3.19. The SMILES string of the molecule is NC12CC1CN(C(=O)NC1CCCCC1)C2.O=C(O)C(F)(F)F. The molecule has 0 radical (unpaired) electrons. The lowest BCUT2D eigenvalue weighted by Crippen LogP contribution is -2.47. The van der Waals surface area contributed by atoms with Crippen molar-refractivity contribution in [1.82, 2.24) is 10.2 Å². The van der Waals surface area contributed by atoms with Crippen molar-refractivity contribution in [1.29, 1.82) is 0 Å². The zero-order valence-corrected chi connectivity index (χ0v) is 12.7. The third kappa shape index (κ3) is 4.73. The molecule has 1 heterocycles. The van der Waals surface area contributed by atoms with Gasteiger partial charge in [-0.05, 0) is 25.2 Å². The number of carboxylic acids is 1. The molecule has 6 nitrogen and oxygen atoms in total. The summed E-state index contributed by atoms with van der Waals surface area (Å²) in [5.41, 5.74) is 6.07. The van der Waals surface area contributed by atoms with Crippen molar-refractivity contribution >= 4 is 12.0 Å². The Labute approximate surface area is 132 Å². The number of piperidine rings is 1. The summed E-state index contributed by atoms with van der Waals surface area (Å²) in [7, 11) is 0. The molecule has 23 heavy (non-hydrogen) atoms. The second kappa shape index (κ2) is 6.54. The Morgan fingerprint density at radius 2 is 1.78 bits per heavy atom. The first-order chi connectivity index (χ1) is 10.6. The van der Waals surface area contributed by atoms with E-state index in [-0.39, 0.29) is 11.6 Å². The van der Waals surface area contributed by atoms with Gasteiger partial charge in [0.05, 0.1) is 0 Å². The predicted molar refractivity (Wildman–Crippen MR) is 75.7 cm³/mol. The fourth-order valence-corrected chi connectivity index (χ4v) is 3.19. The number of hydrogen-bond donors (Lipinski definition) is 3. The van der Waals surface area contributed by atoms with Crippen molar-refractivity contribution in [2.24, 2.45) is 11.7 Å². The molecular formula is C14H22F3N3O3. The van der Waals surface area contributed by atoms with Gasteiger partial charge in [-0.25, -0.2) is 9.59 Å². The van der Waals surface area contributed by atoms with Crippen LogP contribution in [0.25, 0.3) is 0 Å². The zero-order valence-electron chi connectivity index (χ0n) is 12.7. The third-order valence-electron chi connectivity index (χ3n) is 4.67. The van der Waals surface area contributed by atoms with E-state index >= 15 is 0 Å². The standard InChI is InChI=1S/C12H21N3O.C2HF3O2/c13-12-6-9(12)7-15(8-12)11(16)14-10-4-2-1-3-5-10;3-2(4,5)1(6)7/h9-10H,1-8,13H2,(H,14,16);(H,6,7). The highest BCUT2D eigenvalue weighted by molar-refractivity contribution is 5.75. The summed E-state index contributed by atoms with van der Waals surface area (Å²) in [5, 5.41) is 10.3. The summed E-state index contributed by atoms with van der Waals surface area (Å²) in [4.78, 5) is 22.8. The molecule has 0 bridgehead atoms. The fraction of sp³-hybridized carbons (Fsp3) is 0.857. The highest BCUT2D eigenvalue weighted by Crippen LogP contribution is 2.47. The summed E-state index contributed by atoms with van der Waals surface area (Å²) < 4.78 is 31.7. The van der Waals surface area contributed by atoms with Crippen molar-refractivity contribution in [2.75, 3.05) is 13.1 Å². The molecule has 1 saturated heterocycles. The van der Waals surface area contributed by atoms with E-state index in [1.54, 1.807) is 0 Å². The first kappa shape index (κ1) is 17.8. The molecule has 1 aliphatic heterocycles. The van der Waals surface area contributed by atoms with Gasteiger partial charge in [-0.3, -0.25) is 0 Å². The molecule has 0 spiro atoms. The molecule has 3 rings (SSSR count). The molecule has 0 aromatic heterocycles.